The molecule has 0 unspecified atom stereocenters. The van der Waals surface area contributed by atoms with Gasteiger partial charge in [0.05, 0.1) is 17.7 Å². The largest absolute Gasteiger partial charge is 0.495 e. The summed E-state index contributed by atoms with van der Waals surface area (Å²) in [5, 5.41) is 8.69. The van der Waals surface area contributed by atoms with E-state index in [0.29, 0.717) is 11.4 Å². The predicted octanol–water partition coefficient (Wildman–Crippen LogP) is 2.77. The Labute approximate surface area is 141 Å². The van der Waals surface area contributed by atoms with Crippen molar-refractivity contribution < 1.29 is 13.9 Å². The van der Waals surface area contributed by atoms with Crippen molar-refractivity contribution >= 4 is 22.9 Å². The zero-order valence-corrected chi connectivity index (χ0v) is 13.9. The number of carbonyl (C=O) groups excluding carboxylic acids is 1. The highest BCUT2D eigenvalue weighted by Gasteiger charge is 2.22. The van der Waals surface area contributed by atoms with Gasteiger partial charge < -0.3 is 14.5 Å². The molecule has 24 heavy (non-hydrogen) atoms. The Morgan fingerprint density at radius 2 is 2.12 bits per heavy atom. The lowest BCUT2D eigenvalue weighted by Crippen LogP contribution is -2.30. The van der Waals surface area contributed by atoms with Gasteiger partial charge >= 0.3 is 5.76 Å². The molecule has 0 bridgehead atoms. The Kier molecular flexibility index (Phi) is 4.48. The SMILES string of the molecule is COc1ccccc1NC(=O)[C@@H](C)n1nc(-c2cccs2)oc1=O. The standard InChI is InChI=1S/C16H15N3O4S/c1-10(14(20)17-11-6-3-4-7-12(11)22-2)19-16(21)23-15(18-19)13-8-5-9-24-13/h3-10H,1-2H3,(H,17,20)/t10-/m1/s1. The molecule has 0 aliphatic carbocycles. The van der Waals surface area contributed by atoms with Crippen LogP contribution in [0.15, 0.2) is 51.0 Å². The fourth-order valence-corrected chi connectivity index (χ4v) is 2.77. The molecule has 3 rings (SSSR count). The lowest BCUT2D eigenvalue weighted by molar-refractivity contribution is -0.119. The van der Waals surface area contributed by atoms with E-state index >= 15 is 0 Å². The number of thiophene rings is 1. The number of carbonyl (C=O) groups is 1. The summed E-state index contributed by atoms with van der Waals surface area (Å²) in [6, 6.07) is 9.81. The van der Waals surface area contributed by atoms with Gasteiger partial charge in [-0.15, -0.1) is 16.4 Å². The summed E-state index contributed by atoms with van der Waals surface area (Å²) in [4.78, 5) is 25.1. The Morgan fingerprint density at radius 1 is 1.33 bits per heavy atom. The number of aromatic nitrogens is 2. The molecule has 2 aromatic heterocycles. The molecule has 3 aromatic rings. The average Bonchev–Trinajstić information content (AvgIpc) is 3.24. The molecular weight excluding hydrogens is 330 g/mol. The Morgan fingerprint density at radius 3 is 2.83 bits per heavy atom. The lowest BCUT2D eigenvalue weighted by Gasteiger charge is -2.13. The number of anilines is 1. The molecule has 2 heterocycles. The second-order valence-electron chi connectivity index (χ2n) is 4.96. The molecule has 124 valence electrons. The average molecular weight is 345 g/mol. The molecule has 0 aliphatic heterocycles. The Hall–Kier alpha value is -2.87. The van der Waals surface area contributed by atoms with Crippen LogP contribution in [0.25, 0.3) is 10.8 Å². The van der Waals surface area contributed by atoms with Crippen LogP contribution in [0.2, 0.25) is 0 Å². The second-order valence-corrected chi connectivity index (χ2v) is 5.91. The Balaban J connectivity index is 1.82. The minimum absolute atomic E-state index is 0.201. The van der Waals surface area contributed by atoms with Gasteiger partial charge in [0.1, 0.15) is 11.8 Å². The van der Waals surface area contributed by atoms with Crippen molar-refractivity contribution in [2.45, 2.75) is 13.0 Å². The molecule has 0 radical (unpaired) electrons. The van der Waals surface area contributed by atoms with Gasteiger partial charge in [-0.1, -0.05) is 18.2 Å². The highest BCUT2D eigenvalue weighted by molar-refractivity contribution is 7.13. The molecule has 0 aliphatic rings. The topological polar surface area (TPSA) is 86.4 Å². The number of methoxy groups -OCH3 is 1. The number of benzene rings is 1. The summed E-state index contributed by atoms with van der Waals surface area (Å²) in [6.07, 6.45) is 0. The van der Waals surface area contributed by atoms with Gasteiger partial charge in [-0.3, -0.25) is 4.79 Å². The van der Waals surface area contributed by atoms with Crippen molar-refractivity contribution in [1.29, 1.82) is 0 Å². The number of ether oxygens (including phenoxy) is 1. The predicted molar refractivity (Wildman–Crippen MR) is 90.4 cm³/mol. The molecule has 0 fully saturated rings. The first kappa shape index (κ1) is 16.0. The van der Waals surface area contributed by atoms with Gasteiger partial charge in [-0.05, 0) is 30.5 Å². The molecule has 1 atom stereocenters. The van der Waals surface area contributed by atoms with Crippen LogP contribution in [0, 0.1) is 0 Å². The van der Waals surface area contributed by atoms with Crippen LogP contribution in [0.3, 0.4) is 0 Å². The van der Waals surface area contributed by atoms with E-state index in [1.165, 1.54) is 18.4 Å². The van der Waals surface area contributed by atoms with Gasteiger partial charge in [0, 0.05) is 0 Å². The van der Waals surface area contributed by atoms with E-state index in [1.54, 1.807) is 37.3 Å². The summed E-state index contributed by atoms with van der Waals surface area (Å²) in [7, 11) is 1.52. The number of nitrogens with one attached hydrogen (secondary N) is 1. The van der Waals surface area contributed by atoms with Crippen molar-refractivity contribution in [2.24, 2.45) is 0 Å². The van der Waals surface area contributed by atoms with Gasteiger partial charge in [0.25, 0.3) is 5.89 Å². The normalized spacial score (nSPS) is 11.9. The van der Waals surface area contributed by atoms with Crippen LogP contribution in [-0.4, -0.2) is 22.8 Å². The first-order chi connectivity index (χ1) is 11.6. The fraction of sp³-hybridized carbons (Fsp3) is 0.188. The second kappa shape index (κ2) is 6.71. The van der Waals surface area contributed by atoms with E-state index in [0.717, 1.165) is 9.56 Å². The molecule has 0 spiro atoms. The van der Waals surface area contributed by atoms with Crippen molar-refractivity contribution in [3.8, 4) is 16.5 Å². The zero-order valence-electron chi connectivity index (χ0n) is 13.1. The van der Waals surface area contributed by atoms with E-state index in [2.05, 4.69) is 10.4 Å². The highest BCUT2D eigenvalue weighted by Crippen LogP contribution is 2.25. The van der Waals surface area contributed by atoms with Crippen LogP contribution < -0.4 is 15.8 Å². The van der Waals surface area contributed by atoms with Crippen molar-refractivity contribution in [1.82, 2.24) is 9.78 Å². The number of amides is 1. The molecular formula is C16H15N3O4S. The summed E-state index contributed by atoms with van der Waals surface area (Å²) >= 11 is 1.40. The minimum atomic E-state index is -0.833. The number of rotatable bonds is 5. The highest BCUT2D eigenvalue weighted by atomic mass is 32.1. The molecule has 1 aromatic carbocycles. The Bertz CT molecular complexity index is 898. The number of hydrogen-bond donors (Lipinski definition) is 1. The molecule has 1 amide bonds. The monoisotopic (exact) mass is 345 g/mol. The van der Waals surface area contributed by atoms with Gasteiger partial charge in [-0.25, -0.2) is 4.79 Å². The van der Waals surface area contributed by atoms with E-state index in [4.69, 9.17) is 9.15 Å². The maximum absolute atomic E-state index is 12.4. The third-order valence-corrected chi connectivity index (χ3v) is 4.27. The van der Waals surface area contributed by atoms with Crippen LogP contribution >= 0.6 is 11.3 Å². The first-order valence-electron chi connectivity index (χ1n) is 7.17. The van der Waals surface area contributed by atoms with E-state index in [1.807, 2.05) is 11.4 Å². The zero-order chi connectivity index (χ0) is 17.1. The van der Waals surface area contributed by atoms with Crippen LogP contribution in [0.4, 0.5) is 5.69 Å². The number of nitrogens with zero attached hydrogens (tertiary/aromatic N) is 2. The molecule has 0 saturated heterocycles. The van der Waals surface area contributed by atoms with Crippen molar-refractivity contribution in [3.63, 3.8) is 0 Å². The number of hydrogen-bond acceptors (Lipinski definition) is 6. The summed E-state index contributed by atoms with van der Waals surface area (Å²) in [5.41, 5.74) is 0.520. The van der Waals surface area contributed by atoms with Crippen molar-refractivity contribution in [3.05, 3.63) is 52.3 Å². The quantitative estimate of drug-likeness (QED) is 0.768. The molecule has 0 saturated carbocycles. The van der Waals surface area contributed by atoms with Gasteiger partial charge in [-0.2, -0.15) is 4.68 Å². The van der Waals surface area contributed by atoms with E-state index in [-0.39, 0.29) is 5.89 Å². The van der Waals surface area contributed by atoms with Crippen molar-refractivity contribution in [2.75, 3.05) is 12.4 Å². The first-order valence-corrected chi connectivity index (χ1v) is 8.05. The van der Waals surface area contributed by atoms with Gasteiger partial charge in [0.15, 0.2) is 0 Å². The molecule has 8 heteroatoms. The fourth-order valence-electron chi connectivity index (χ4n) is 2.13. The maximum Gasteiger partial charge on any atom is 0.438 e. The third-order valence-electron chi connectivity index (χ3n) is 3.41. The minimum Gasteiger partial charge on any atom is -0.495 e. The van der Waals surface area contributed by atoms with Crippen LogP contribution in [0.1, 0.15) is 13.0 Å². The maximum atomic E-state index is 12.4. The summed E-state index contributed by atoms with van der Waals surface area (Å²) < 4.78 is 11.3. The van der Waals surface area contributed by atoms with Gasteiger partial charge in [0.2, 0.25) is 5.91 Å². The van der Waals surface area contributed by atoms with E-state index in [9.17, 15) is 9.59 Å². The summed E-state index contributed by atoms with van der Waals surface area (Å²) in [5.74, 6) is -0.342. The summed E-state index contributed by atoms with van der Waals surface area (Å²) in [6.45, 7) is 1.58. The number of para-hydroxylation sites is 2. The lowest BCUT2D eigenvalue weighted by atomic mass is 10.2. The molecule has 7 nitrogen and oxygen atoms in total. The molecule has 1 N–H and O–H groups in total. The smallest absolute Gasteiger partial charge is 0.438 e. The van der Waals surface area contributed by atoms with Crippen LogP contribution in [-0.2, 0) is 4.79 Å². The van der Waals surface area contributed by atoms with E-state index < -0.39 is 17.7 Å². The van der Waals surface area contributed by atoms with Crippen LogP contribution in [0.5, 0.6) is 5.75 Å². The third kappa shape index (κ3) is 3.09.